The number of ether oxygens (including phenoxy) is 3. The molecule has 3 aromatic rings. The molecule has 0 saturated heterocycles. The topological polar surface area (TPSA) is 122 Å². The minimum absolute atomic E-state index is 0.0638. The molecular formula is C25H22ClN3O7S. The van der Waals surface area contributed by atoms with Gasteiger partial charge in [0.1, 0.15) is 5.02 Å². The lowest BCUT2D eigenvalue weighted by molar-refractivity contribution is -0.384. The number of nitro groups is 1. The van der Waals surface area contributed by atoms with Crippen LogP contribution < -0.4 is 24.4 Å². The molecule has 0 spiro atoms. The number of aromatic nitrogens is 1. The summed E-state index contributed by atoms with van der Waals surface area (Å²) in [5.74, 6) is 0.388. The molecular weight excluding hydrogens is 522 g/mol. The van der Waals surface area contributed by atoms with Crippen LogP contribution in [0.15, 0.2) is 57.5 Å². The smallest absolute Gasteiger partial charge is 0.338 e. The fraction of sp³-hybridized carbons (Fsp3) is 0.240. The highest BCUT2D eigenvalue weighted by Gasteiger charge is 2.34. The Labute approximate surface area is 219 Å². The Hall–Kier alpha value is -3.96. The standard InChI is InChI=1S/C25H22ClN3O7S/c1-5-36-19-10-14(6-9-18(19)34-3)11-20-23(30)28-22(15-7-8-16(26)17(12-15)29(32)33)21(24(31)35-4)13(2)27-25(28)37-20/h6-12,22H,5H2,1-4H3. The number of methoxy groups -OCH3 is 2. The summed E-state index contributed by atoms with van der Waals surface area (Å²) in [7, 11) is 2.76. The quantitative estimate of drug-likeness (QED) is 0.254. The third kappa shape index (κ3) is 4.87. The number of thiazole rings is 1. The van der Waals surface area contributed by atoms with Crippen LogP contribution in [0.25, 0.3) is 6.08 Å². The van der Waals surface area contributed by atoms with Crippen molar-refractivity contribution in [3.63, 3.8) is 0 Å². The first-order valence-corrected chi connectivity index (χ1v) is 12.2. The van der Waals surface area contributed by atoms with E-state index in [0.29, 0.717) is 44.3 Å². The van der Waals surface area contributed by atoms with Crippen molar-refractivity contribution in [2.75, 3.05) is 20.8 Å². The molecule has 0 aliphatic carbocycles. The predicted octanol–water partition coefficient (Wildman–Crippen LogP) is 3.38. The average Bonchev–Trinajstić information content (AvgIpc) is 3.17. The van der Waals surface area contributed by atoms with Crippen LogP contribution in [0.1, 0.15) is 31.0 Å². The van der Waals surface area contributed by atoms with Crippen LogP contribution in [0.5, 0.6) is 11.5 Å². The van der Waals surface area contributed by atoms with Crippen molar-refractivity contribution in [2.24, 2.45) is 4.99 Å². The lowest BCUT2D eigenvalue weighted by Gasteiger charge is -2.24. The minimum atomic E-state index is -1.00. The van der Waals surface area contributed by atoms with E-state index in [0.717, 1.165) is 11.3 Å². The maximum absolute atomic E-state index is 13.7. The van der Waals surface area contributed by atoms with E-state index in [2.05, 4.69) is 4.99 Å². The minimum Gasteiger partial charge on any atom is -0.493 e. The molecule has 1 aromatic heterocycles. The van der Waals surface area contributed by atoms with Gasteiger partial charge in [-0.1, -0.05) is 35.1 Å². The molecule has 0 saturated carbocycles. The summed E-state index contributed by atoms with van der Waals surface area (Å²) in [5.41, 5.74) is 0.681. The number of carbonyl (C=O) groups is 1. The van der Waals surface area contributed by atoms with Crippen molar-refractivity contribution in [1.29, 1.82) is 0 Å². The zero-order valence-electron chi connectivity index (χ0n) is 20.3. The van der Waals surface area contributed by atoms with Crippen molar-refractivity contribution < 1.29 is 23.9 Å². The second-order valence-electron chi connectivity index (χ2n) is 7.88. The van der Waals surface area contributed by atoms with Crippen LogP contribution in [-0.4, -0.2) is 36.3 Å². The number of carbonyl (C=O) groups excluding carboxylic acids is 1. The Bertz CT molecular complexity index is 1620. The van der Waals surface area contributed by atoms with Gasteiger partial charge in [0, 0.05) is 6.07 Å². The van der Waals surface area contributed by atoms with Crippen LogP contribution in [0.4, 0.5) is 5.69 Å². The highest BCUT2D eigenvalue weighted by atomic mass is 35.5. The van der Waals surface area contributed by atoms with Crippen molar-refractivity contribution in [3.05, 3.63) is 93.6 Å². The number of hydrogen-bond acceptors (Lipinski definition) is 9. The van der Waals surface area contributed by atoms with Crippen LogP contribution in [-0.2, 0) is 9.53 Å². The van der Waals surface area contributed by atoms with Crippen LogP contribution in [0.2, 0.25) is 5.02 Å². The largest absolute Gasteiger partial charge is 0.493 e. The predicted molar refractivity (Wildman–Crippen MR) is 138 cm³/mol. The van der Waals surface area contributed by atoms with Crippen molar-refractivity contribution in [2.45, 2.75) is 19.9 Å². The Morgan fingerprint density at radius 1 is 1.24 bits per heavy atom. The van der Waals surface area contributed by atoms with E-state index in [4.69, 9.17) is 25.8 Å². The van der Waals surface area contributed by atoms with Gasteiger partial charge in [0.25, 0.3) is 11.2 Å². The van der Waals surface area contributed by atoms with Gasteiger partial charge >= 0.3 is 5.97 Å². The third-order valence-corrected chi connectivity index (χ3v) is 7.00. The molecule has 2 heterocycles. The summed E-state index contributed by atoms with van der Waals surface area (Å²) >= 11 is 7.15. The normalized spacial score (nSPS) is 15.2. The Balaban J connectivity index is 1.95. The zero-order chi connectivity index (χ0) is 26.9. The maximum Gasteiger partial charge on any atom is 0.338 e. The molecule has 1 atom stereocenters. The van der Waals surface area contributed by atoms with Crippen LogP contribution in [0.3, 0.4) is 0 Å². The number of hydrogen-bond donors (Lipinski definition) is 0. The fourth-order valence-corrected chi connectivity index (χ4v) is 5.28. The highest BCUT2D eigenvalue weighted by Crippen LogP contribution is 2.35. The first kappa shape index (κ1) is 26.1. The summed E-state index contributed by atoms with van der Waals surface area (Å²) in [6.07, 6.45) is 1.68. The summed E-state index contributed by atoms with van der Waals surface area (Å²) in [5, 5.41) is 11.5. The fourth-order valence-electron chi connectivity index (χ4n) is 4.05. The van der Waals surface area contributed by atoms with Gasteiger partial charge in [-0.2, -0.15) is 0 Å². The number of fused-ring (bicyclic) bond motifs is 1. The van der Waals surface area contributed by atoms with Gasteiger partial charge in [0.2, 0.25) is 0 Å². The van der Waals surface area contributed by atoms with E-state index >= 15 is 0 Å². The second-order valence-corrected chi connectivity index (χ2v) is 9.30. The SMILES string of the molecule is CCOc1cc(C=c2sc3n(c2=O)C(c2ccc(Cl)c([N+](=O)[O-])c2)C(C(=O)OC)=C(C)N=3)ccc1OC. The monoisotopic (exact) mass is 543 g/mol. The summed E-state index contributed by atoms with van der Waals surface area (Å²) < 4.78 is 17.6. The number of rotatable bonds is 7. The van der Waals surface area contributed by atoms with Gasteiger partial charge in [0.15, 0.2) is 16.3 Å². The summed E-state index contributed by atoms with van der Waals surface area (Å²) in [6.45, 7) is 3.91. The van der Waals surface area contributed by atoms with Crippen molar-refractivity contribution >= 4 is 40.7 Å². The molecule has 0 fully saturated rings. The van der Waals surface area contributed by atoms with E-state index in [1.807, 2.05) is 6.92 Å². The number of nitro benzene ring substituents is 1. The number of allylic oxidation sites excluding steroid dienone is 1. The van der Waals surface area contributed by atoms with Gasteiger partial charge in [-0.05, 0) is 49.2 Å². The molecule has 0 radical (unpaired) electrons. The molecule has 2 aromatic carbocycles. The molecule has 37 heavy (non-hydrogen) atoms. The Kier molecular flexibility index (Phi) is 7.46. The van der Waals surface area contributed by atoms with E-state index in [9.17, 15) is 19.7 Å². The van der Waals surface area contributed by atoms with E-state index < -0.39 is 22.5 Å². The Morgan fingerprint density at radius 3 is 2.65 bits per heavy atom. The third-order valence-electron chi connectivity index (χ3n) is 5.69. The molecule has 1 aliphatic rings. The van der Waals surface area contributed by atoms with Gasteiger partial charge in [-0.25, -0.2) is 9.79 Å². The molecule has 0 bridgehead atoms. The van der Waals surface area contributed by atoms with Gasteiger partial charge in [-0.3, -0.25) is 19.5 Å². The Morgan fingerprint density at radius 2 is 2.00 bits per heavy atom. The van der Waals surface area contributed by atoms with E-state index in [1.165, 1.54) is 37.0 Å². The van der Waals surface area contributed by atoms with Crippen LogP contribution in [0, 0.1) is 10.1 Å². The highest BCUT2D eigenvalue weighted by molar-refractivity contribution is 7.07. The molecule has 0 amide bonds. The number of nitrogens with zero attached hydrogens (tertiary/aromatic N) is 3. The molecule has 10 nitrogen and oxygen atoms in total. The first-order chi connectivity index (χ1) is 17.7. The number of halogens is 1. The molecule has 4 rings (SSSR count). The molecule has 1 aliphatic heterocycles. The molecule has 0 N–H and O–H groups in total. The second kappa shape index (κ2) is 10.6. The molecule has 1 unspecified atom stereocenters. The lowest BCUT2D eigenvalue weighted by Crippen LogP contribution is -2.39. The van der Waals surface area contributed by atoms with Crippen LogP contribution >= 0.6 is 22.9 Å². The van der Waals surface area contributed by atoms with Crippen molar-refractivity contribution in [1.82, 2.24) is 4.57 Å². The van der Waals surface area contributed by atoms with E-state index in [1.54, 1.807) is 31.2 Å². The number of benzene rings is 2. The molecule has 12 heteroatoms. The van der Waals surface area contributed by atoms with Crippen molar-refractivity contribution in [3.8, 4) is 11.5 Å². The maximum atomic E-state index is 13.7. The summed E-state index contributed by atoms with van der Waals surface area (Å²) in [4.78, 5) is 42.2. The molecule has 192 valence electrons. The zero-order valence-corrected chi connectivity index (χ0v) is 21.9. The van der Waals surface area contributed by atoms with Gasteiger partial charge in [0.05, 0.1) is 47.6 Å². The summed E-state index contributed by atoms with van der Waals surface area (Å²) in [6, 6.07) is 8.43. The average molecular weight is 544 g/mol. The lowest BCUT2D eigenvalue weighted by atomic mass is 9.95. The van der Waals surface area contributed by atoms with E-state index in [-0.39, 0.29) is 16.3 Å². The number of esters is 1. The van der Waals surface area contributed by atoms with Gasteiger partial charge in [-0.15, -0.1) is 0 Å². The van der Waals surface area contributed by atoms with Gasteiger partial charge < -0.3 is 14.2 Å². The first-order valence-electron chi connectivity index (χ1n) is 11.1.